The molecule has 3 N–H and O–H groups in total. The van der Waals surface area contributed by atoms with E-state index in [4.69, 9.17) is 5.73 Å². The third-order valence-electron chi connectivity index (χ3n) is 3.66. The maximum absolute atomic E-state index is 10.3. The number of hydrogen-bond donors (Lipinski definition) is 2. The van der Waals surface area contributed by atoms with Crippen molar-refractivity contribution < 1.29 is 5.11 Å². The molecule has 0 bridgehead atoms. The van der Waals surface area contributed by atoms with Gasteiger partial charge in [0.15, 0.2) is 0 Å². The highest BCUT2D eigenvalue weighted by Crippen LogP contribution is 2.40. The number of phenolic OH excluding ortho intramolecular Hbond substituents is 1. The van der Waals surface area contributed by atoms with Crippen LogP contribution in [0.3, 0.4) is 0 Å². The molecule has 0 heterocycles. The van der Waals surface area contributed by atoms with E-state index in [1.807, 2.05) is 6.92 Å². The van der Waals surface area contributed by atoms with Gasteiger partial charge in [0.05, 0.1) is 4.47 Å². The van der Waals surface area contributed by atoms with Crippen molar-refractivity contribution in [2.24, 2.45) is 5.73 Å². The fourth-order valence-electron chi connectivity index (χ4n) is 2.77. The molecular weight excluding hydrogens is 278 g/mol. The van der Waals surface area contributed by atoms with Crippen LogP contribution in [0.1, 0.15) is 42.0 Å². The van der Waals surface area contributed by atoms with Crippen molar-refractivity contribution in [3.05, 3.63) is 26.7 Å². The van der Waals surface area contributed by atoms with Gasteiger partial charge in [-0.15, -0.1) is 0 Å². The average Bonchev–Trinajstić information content (AvgIpc) is 2.31. The molecule has 0 aromatic heterocycles. The van der Waals surface area contributed by atoms with Gasteiger partial charge in [-0.05, 0) is 84.1 Å². The molecule has 1 aromatic rings. The normalized spacial score (nSPS) is 16.7. The first-order valence-corrected chi connectivity index (χ1v) is 7.09. The Hall–Kier alpha value is -0.540. The van der Waals surface area contributed by atoms with E-state index in [-0.39, 0.29) is 6.04 Å². The lowest BCUT2D eigenvalue weighted by atomic mass is 9.84. The molecule has 0 amide bonds. The van der Waals surface area contributed by atoms with E-state index in [9.17, 15) is 5.11 Å². The summed E-state index contributed by atoms with van der Waals surface area (Å²) >= 11 is 3.55. The smallest absolute Gasteiger partial charge is 0.133 e. The Kier molecular flexibility index (Phi) is 3.79. The van der Waals surface area contributed by atoms with Crippen LogP contribution in [0.25, 0.3) is 0 Å². The first-order valence-electron chi connectivity index (χ1n) is 6.29. The van der Waals surface area contributed by atoms with E-state index in [1.165, 1.54) is 29.5 Å². The number of aromatic hydroxyl groups is 1. The highest BCUT2D eigenvalue weighted by atomic mass is 79.9. The van der Waals surface area contributed by atoms with Crippen LogP contribution in [-0.4, -0.2) is 11.1 Å². The molecule has 0 saturated carbocycles. The van der Waals surface area contributed by atoms with Gasteiger partial charge in [0, 0.05) is 6.04 Å². The van der Waals surface area contributed by atoms with Crippen LogP contribution >= 0.6 is 15.9 Å². The lowest BCUT2D eigenvalue weighted by molar-refractivity contribution is 0.458. The summed E-state index contributed by atoms with van der Waals surface area (Å²) in [5.74, 6) is 0.403. The van der Waals surface area contributed by atoms with E-state index in [2.05, 4.69) is 22.9 Å². The average molecular weight is 298 g/mol. The van der Waals surface area contributed by atoms with Crippen LogP contribution in [-0.2, 0) is 19.3 Å². The Morgan fingerprint density at radius 2 is 1.88 bits per heavy atom. The molecule has 1 aliphatic carbocycles. The van der Waals surface area contributed by atoms with Crippen molar-refractivity contribution in [3.8, 4) is 5.75 Å². The molecule has 1 atom stereocenters. The maximum atomic E-state index is 10.3. The van der Waals surface area contributed by atoms with Crippen LogP contribution < -0.4 is 5.73 Å². The van der Waals surface area contributed by atoms with Gasteiger partial charge in [-0.25, -0.2) is 0 Å². The second-order valence-corrected chi connectivity index (χ2v) is 5.90. The maximum Gasteiger partial charge on any atom is 0.133 e. The van der Waals surface area contributed by atoms with Gasteiger partial charge >= 0.3 is 0 Å². The third-order valence-corrected chi connectivity index (χ3v) is 4.51. The van der Waals surface area contributed by atoms with Crippen molar-refractivity contribution in [3.63, 3.8) is 0 Å². The molecule has 2 rings (SSSR count). The standard InChI is InChI=1S/C14H20BrNO/c1-8(16)7-12-9(2)10-5-3-4-6-11(10)13(15)14(12)17/h8,17H,3-7,16H2,1-2H3. The van der Waals surface area contributed by atoms with E-state index < -0.39 is 0 Å². The quantitative estimate of drug-likeness (QED) is 0.880. The van der Waals surface area contributed by atoms with Crippen molar-refractivity contribution in [2.45, 2.75) is 52.0 Å². The SMILES string of the molecule is Cc1c(CC(C)N)c(O)c(Br)c2c1CCCC2. The summed E-state index contributed by atoms with van der Waals surface area (Å²) in [5.41, 5.74) is 10.9. The Bertz CT molecular complexity index is 441. The van der Waals surface area contributed by atoms with Gasteiger partial charge in [-0.2, -0.15) is 0 Å². The van der Waals surface area contributed by atoms with Crippen molar-refractivity contribution in [2.75, 3.05) is 0 Å². The van der Waals surface area contributed by atoms with Gasteiger partial charge in [-0.3, -0.25) is 0 Å². The summed E-state index contributed by atoms with van der Waals surface area (Å²) in [6.45, 7) is 4.10. The Labute approximate surface area is 111 Å². The minimum Gasteiger partial charge on any atom is -0.506 e. The molecular formula is C14H20BrNO. The molecule has 2 nitrogen and oxygen atoms in total. The van der Waals surface area contributed by atoms with E-state index in [0.29, 0.717) is 5.75 Å². The minimum atomic E-state index is 0.0770. The Morgan fingerprint density at radius 1 is 1.29 bits per heavy atom. The zero-order chi connectivity index (χ0) is 12.6. The molecule has 0 radical (unpaired) electrons. The number of halogens is 1. The summed E-state index contributed by atoms with van der Waals surface area (Å²) in [4.78, 5) is 0. The molecule has 1 aliphatic rings. The summed E-state index contributed by atoms with van der Waals surface area (Å²) < 4.78 is 0.897. The lowest BCUT2D eigenvalue weighted by Gasteiger charge is -2.24. The molecule has 17 heavy (non-hydrogen) atoms. The molecule has 0 spiro atoms. The molecule has 0 fully saturated rings. The summed E-state index contributed by atoms with van der Waals surface area (Å²) in [7, 11) is 0. The second-order valence-electron chi connectivity index (χ2n) is 5.11. The molecule has 94 valence electrons. The Balaban J connectivity index is 2.57. The number of phenols is 1. The highest BCUT2D eigenvalue weighted by Gasteiger charge is 2.22. The van der Waals surface area contributed by atoms with Crippen LogP contribution in [0.15, 0.2) is 4.47 Å². The third kappa shape index (κ3) is 2.36. The van der Waals surface area contributed by atoms with Crippen molar-refractivity contribution >= 4 is 15.9 Å². The molecule has 1 aromatic carbocycles. The topological polar surface area (TPSA) is 46.2 Å². The van der Waals surface area contributed by atoms with Gasteiger partial charge in [0.25, 0.3) is 0 Å². The first kappa shape index (κ1) is 12.9. The molecule has 3 heteroatoms. The predicted molar refractivity (Wildman–Crippen MR) is 74.5 cm³/mol. The summed E-state index contributed by atoms with van der Waals surface area (Å²) in [6.07, 6.45) is 5.41. The summed E-state index contributed by atoms with van der Waals surface area (Å²) in [5, 5.41) is 10.3. The lowest BCUT2D eigenvalue weighted by Crippen LogP contribution is -2.20. The number of benzene rings is 1. The van der Waals surface area contributed by atoms with Crippen molar-refractivity contribution in [1.29, 1.82) is 0 Å². The van der Waals surface area contributed by atoms with Gasteiger partial charge in [0.1, 0.15) is 5.75 Å². The largest absolute Gasteiger partial charge is 0.506 e. The predicted octanol–water partition coefficient (Wildman–Crippen LogP) is 3.23. The van der Waals surface area contributed by atoms with Gasteiger partial charge < -0.3 is 10.8 Å². The van der Waals surface area contributed by atoms with Crippen LogP contribution in [0.2, 0.25) is 0 Å². The van der Waals surface area contributed by atoms with Gasteiger partial charge in [-0.1, -0.05) is 0 Å². The monoisotopic (exact) mass is 297 g/mol. The molecule has 1 unspecified atom stereocenters. The van der Waals surface area contributed by atoms with Crippen molar-refractivity contribution in [1.82, 2.24) is 0 Å². The zero-order valence-electron chi connectivity index (χ0n) is 10.5. The van der Waals surface area contributed by atoms with E-state index >= 15 is 0 Å². The summed E-state index contributed by atoms with van der Waals surface area (Å²) in [6, 6.07) is 0.0770. The number of fused-ring (bicyclic) bond motifs is 1. The molecule has 0 saturated heterocycles. The number of hydrogen-bond acceptors (Lipinski definition) is 2. The van der Waals surface area contributed by atoms with E-state index in [1.54, 1.807) is 0 Å². The van der Waals surface area contributed by atoms with Gasteiger partial charge in [0.2, 0.25) is 0 Å². The number of nitrogens with two attached hydrogens (primary N) is 1. The van der Waals surface area contributed by atoms with Crippen LogP contribution in [0, 0.1) is 6.92 Å². The van der Waals surface area contributed by atoms with Crippen LogP contribution in [0.4, 0.5) is 0 Å². The number of rotatable bonds is 2. The fourth-order valence-corrected chi connectivity index (χ4v) is 3.45. The van der Waals surface area contributed by atoms with Crippen LogP contribution in [0.5, 0.6) is 5.75 Å². The first-order chi connectivity index (χ1) is 8.02. The fraction of sp³-hybridized carbons (Fsp3) is 0.571. The second kappa shape index (κ2) is 4.99. The van der Waals surface area contributed by atoms with E-state index in [0.717, 1.165) is 29.3 Å². The molecule has 0 aliphatic heterocycles. The Morgan fingerprint density at radius 3 is 2.47 bits per heavy atom. The minimum absolute atomic E-state index is 0.0770. The highest BCUT2D eigenvalue weighted by molar-refractivity contribution is 9.10. The zero-order valence-corrected chi connectivity index (χ0v) is 12.1.